The smallest absolute Gasteiger partial charge is 0.306 e. The minimum absolute atomic E-state index is 0.0629. The molecule has 0 aliphatic heterocycles. The Bertz CT molecular complexity index is 978. The lowest BCUT2D eigenvalue weighted by atomic mass is 10.0. The molecule has 0 bridgehead atoms. The number of carbonyl (C=O) groups excluding carboxylic acids is 3. The summed E-state index contributed by atoms with van der Waals surface area (Å²) in [6.07, 6.45) is 53.8. The van der Waals surface area contributed by atoms with E-state index in [-0.39, 0.29) is 31.1 Å². The van der Waals surface area contributed by atoms with Crippen molar-refractivity contribution in [1.29, 1.82) is 0 Å². The van der Waals surface area contributed by atoms with E-state index in [2.05, 4.69) is 34.6 Å². The summed E-state index contributed by atoms with van der Waals surface area (Å²) in [6, 6.07) is 0. The molecule has 1 atom stereocenters. The molecule has 0 heterocycles. The van der Waals surface area contributed by atoms with E-state index < -0.39 is 6.10 Å². The van der Waals surface area contributed by atoms with Gasteiger partial charge in [-0.05, 0) is 31.1 Å². The van der Waals surface area contributed by atoms with E-state index in [9.17, 15) is 14.4 Å². The lowest BCUT2D eigenvalue weighted by Crippen LogP contribution is -2.30. The van der Waals surface area contributed by atoms with Crippen LogP contribution in [0.4, 0.5) is 0 Å². The first-order chi connectivity index (χ1) is 31.2. The van der Waals surface area contributed by atoms with Gasteiger partial charge in [0.15, 0.2) is 6.10 Å². The van der Waals surface area contributed by atoms with Gasteiger partial charge in [-0.3, -0.25) is 14.4 Å². The van der Waals surface area contributed by atoms with Crippen LogP contribution >= 0.6 is 0 Å². The topological polar surface area (TPSA) is 78.9 Å². The van der Waals surface area contributed by atoms with Gasteiger partial charge in [-0.25, -0.2) is 0 Å². The number of rotatable bonds is 52. The standard InChI is InChI=1S/C58H112O6/c1-6-7-8-9-10-11-12-13-14-15-16-20-23-28-33-38-43-48-56(59)62-51-55(52-63-57(60)49-44-39-34-30-25-27-32-37-42-47-54(4)5)64-58(61)50-45-40-35-29-24-21-18-17-19-22-26-31-36-41-46-53(2)3/h53-55H,6-52H2,1-5H3/t55-/m1/s1. The van der Waals surface area contributed by atoms with Crippen molar-refractivity contribution in [3.05, 3.63) is 0 Å². The van der Waals surface area contributed by atoms with Gasteiger partial charge in [0.05, 0.1) is 0 Å². The molecular weight excluding hydrogens is 793 g/mol. The van der Waals surface area contributed by atoms with Gasteiger partial charge in [0.1, 0.15) is 13.2 Å². The van der Waals surface area contributed by atoms with Crippen molar-refractivity contribution in [2.75, 3.05) is 13.2 Å². The number of carbonyl (C=O) groups is 3. The SMILES string of the molecule is CCCCCCCCCCCCCCCCCCCC(=O)OC[C@H](COC(=O)CCCCCCCCCCCC(C)C)OC(=O)CCCCCCCCCCCCCCCCC(C)C. The molecule has 0 aromatic heterocycles. The number of hydrogen-bond acceptors (Lipinski definition) is 6. The van der Waals surface area contributed by atoms with Gasteiger partial charge in [-0.1, -0.05) is 285 Å². The minimum Gasteiger partial charge on any atom is -0.462 e. The van der Waals surface area contributed by atoms with Gasteiger partial charge >= 0.3 is 17.9 Å². The average Bonchev–Trinajstić information content (AvgIpc) is 3.27. The third-order valence-electron chi connectivity index (χ3n) is 13.2. The third-order valence-corrected chi connectivity index (χ3v) is 13.2. The predicted octanol–water partition coefficient (Wildman–Crippen LogP) is 18.9. The summed E-state index contributed by atoms with van der Waals surface area (Å²) in [4.78, 5) is 38.1. The molecule has 0 aromatic rings. The van der Waals surface area contributed by atoms with E-state index in [0.717, 1.165) is 69.6 Å². The quantitative estimate of drug-likeness (QED) is 0.0344. The van der Waals surface area contributed by atoms with Crippen molar-refractivity contribution in [3.8, 4) is 0 Å². The molecule has 0 unspecified atom stereocenters. The highest BCUT2D eigenvalue weighted by atomic mass is 16.6. The Morgan fingerprint density at radius 1 is 0.297 bits per heavy atom. The van der Waals surface area contributed by atoms with Crippen LogP contribution in [-0.2, 0) is 28.6 Å². The highest BCUT2D eigenvalue weighted by Crippen LogP contribution is 2.18. The summed E-state index contributed by atoms with van der Waals surface area (Å²) >= 11 is 0. The Balaban J connectivity index is 4.28. The fraction of sp³-hybridized carbons (Fsp3) is 0.948. The molecule has 64 heavy (non-hydrogen) atoms. The zero-order valence-corrected chi connectivity index (χ0v) is 43.9. The van der Waals surface area contributed by atoms with Crippen molar-refractivity contribution < 1.29 is 28.6 Å². The Kier molecular flexibility index (Phi) is 49.6. The van der Waals surface area contributed by atoms with Crippen molar-refractivity contribution in [3.63, 3.8) is 0 Å². The Morgan fingerprint density at radius 2 is 0.516 bits per heavy atom. The molecular formula is C58H112O6. The number of unbranched alkanes of at least 4 members (excludes halogenated alkanes) is 37. The van der Waals surface area contributed by atoms with Gasteiger partial charge in [0.25, 0.3) is 0 Å². The molecule has 6 heteroatoms. The van der Waals surface area contributed by atoms with E-state index in [0.29, 0.717) is 19.3 Å². The molecule has 0 aromatic carbocycles. The maximum absolute atomic E-state index is 12.8. The highest BCUT2D eigenvalue weighted by Gasteiger charge is 2.19. The Labute approximate surface area is 399 Å². The summed E-state index contributed by atoms with van der Waals surface area (Å²) < 4.78 is 16.9. The third kappa shape index (κ3) is 51.4. The molecule has 0 rings (SSSR count). The van der Waals surface area contributed by atoms with Crippen molar-refractivity contribution in [2.45, 2.75) is 330 Å². The Hall–Kier alpha value is -1.59. The number of ether oxygens (including phenoxy) is 3. The molecule has 0 radical (unpaired) electrons. The zero-order chi connectivity index (χ0) is 46.8. The first-order valence-corrected chi connectivity index (χ1v) is 28.7. The monoisotopic (exact) mass is 905 g/mol. The van der Waals surface area contributed by atoms with Crippen molar-refractivity contribution in [1.82, 2.24) is 0 Å². The number of hydrogen-bond donors (Lipinski definition) is 0. The molecule has 6 nitrogen and oxygen atoms in total. The number of esters is 3. The molecule has 0 spiro atoms. The molecule has 0 saturated carbocycles. The highest BCUT2D eigenvalue weighted by molar-refractivity contribution is 5.71. The summed E-state index contributed by atoms with van der Waals surface area (Å²) in [5.74, 6) is 0.811. The second-order valence-corrected chi connectivity index (χ2v) is 20.9. The average molecular weight is 906 g/mol. The van der Waals surface area contributed by atoms with Crippen LogP contribution < -0.4 is 0 Å². The molecule has 0 aliphatic carbocycles. The van der Waals surface area contributed by atoms with E-state index in [4.69, 9.17) is 14.2 Å². The van der Waals surface area contributed by atoms with E-state index in [1.807, 2.05) is 0 Å². The van der Waals surface area contributed by atoms with Crippen LogP contribution in [0.15, 0.2) is 0 Å². The van der Waals surface area contributed by atoms with Gasteiger partial charge in [-0.15, -0.1) is 0 Å². The van der Waals surface area contributed by atoms with Crippen molar-refractivity contribution in [2.24, 2.45) is 11.8 Å². The Morgan fingerprint density at radius 3 is 0.766 bits per heavy atom. The maximum atomic E-state index is 12.8. The largest absolute Gasteiger partial charge is 0.462 e. The lowest BCUT2D eigenvalue weighted by Gasteiger charge is -2.18. The second-order valence-electron chi connectivity index (χ2n) is 20.9. The molecule has 0 amide bonds. The van der Waals surface area contributed by atoms with Gasteiger partial charge in [-0.2, -0.15) is 0 Å². The summed E-state index contributed by atoms with van der Waals surface area (Å²) in [7, 11) is 0. The predicted molar refractivity (Wildman–Crippen MR) is 275 cm³/mol. The van der Waals surface area contributed by atoms with E-state index in [1.165, 1.54) is 212 Å². The fourth-order valence-corrected chi connectivity index (χ4v) is 8.87. The van der Waals surface area contributed by atoms with Crippen LogP contribution in [0.25, 0.3) is 0 Å². The van der Waals surface area contributed by atoms with Gasteiger partial charge in [0, 0.05) is 19.3 Å². The van der Waals surface area contributed by atoms with Crippen LogP contribution in [0.1, 0.15) is 324 Å². The van der Waals surface area contributed by atoms with Crippen LogP contribution in [0.5, 0.6) is 0 Å². The summed E-state index contributed by atoms with van der Waals surface area (Å²) in [6.45, 7) is 11.4. The van der Waals surface area contributed by atoms with Crippen LogP contribution in [0.3, 0.4) is 0 Å². The van der Waals surface area contributed by atoms with Crippen LogP contribution in [0.2, 0.25) is 0 Å². The first-order valence-electron chi connectivity index (χ1n) is 28.7. The van der Waals surface area contributed by atoms with Gasteiger partial charge in [0.2, 0.25) is 0 Å². The minimum atomic E-state index is -0.763. The molecule has 0 saturated heterocycles. The molecule has 0 aliphatic rings. The van der Waals surface area contributed by atoms with E-state index >= 15 is 0 Å². The first kappa shape index (κ1) is 62.4. The summed E-state index contributed by atoms with van der Waals surface area (Å²) in [5.41, 5.74) is 0. The molecule has 0 N–H and O–H groups in total. The normalized spacial score (nSPS) is 12.0. The summed E-state index contributed by atoms with van der Waals surface area (Å²) in [5, 5.41) is 0. The van der Waals surface area contributed by atoms with Gasteiger partial charge < -0.3 is 14.2 Å². The molecule has 0 fully saturated rings. The van der Waals surface area contributed by atoms with Crippen LogP contribution in [-0.4, -0.2) is 37.2 Å². The lowest BCUT2D eigenvalue weighted by molar-refractivity contribution is -0.167. The zero-order valence-electron chi connectivity index (χ0n) is 43.9. The fourth-order valence-electron chi connectivity index (χ4n) is 8.87. The van der Waals surface area contributed by atoms with E-state index in [1.54, 1.807) is 0 Å². The van der Waals surface area contributed by atoms with Crippen molar-refractivity contribution >= 4 is 17.9 Å². The maximum Gasteiger partial charge on any atom is 0.306 e. The van der Waals surface area contributed by atoms with Crippen LogP contribution in [0, 0.1) is 11.8 Å². The second kappa shape index (κ2) is 50.8. The molecule has 380 valence electrons.